The molecule has 0 amide bonds. The Labute approximate surface area is 135 Å². The Morgan fingerprint density at radius 2 is 2.17 bits per heavy atom. The van der Waals surface area contributed by atoms with Crippen LogP contribution in [0.5, 0.6) is 0 Å². The van der Waals surface area contributed by atoms with Crippen molar-refractivity contribution in [3.63, 3.8) is 0 Å². The Morgan fingerprint density at radius 3 is 2.96 bits per heavy atom. The molecule has 23 heavy (non-hydrogen) atoms. The summed E-state index contributed by atoms with van der Waals surface area (Å²) in [7, 11) is 1.29. The van der Waals surface area contributed by atoms with Crippen LogP contribution in [0.4, 0.5) is 4.39 Å². The molecule has 0 N–H and O–H groups in total. The third-order valence-electron chi connectivity index (χ3n) is 3.02. The Bertz CT molecular complexity index is 831. The predicted octanol–water partition coefficient (Wildman–Crippen LogP) is 3.08. The highest BCUT2D eigenvalue weighted by molar-refractivity contribution is 7.98. The van der Waals surface area contributed by atoms with Crippen LogP contribution >= 0.6 is 11.8 Å². The van der Waals surface area contributed by atoms with Crippen LogP contribution in [-0.4, -0.2) is 27.8 Å². The summed E-state index contributed by atoms with van der Waals surface area (Å²) in [6.45, 7) is 0. The van der Waals surface area contributed by atoms with Gasteiger partial charge in [0, 0.05) is 0 Å². The monoisotopic (exact) mass is 333 g/mol. The van der Waals surface area contributed by atoms with Crippen LogP contribution in [0.1, 0.15) is 16.3 Å². The number of aromatic nitrogens is 3. The first-order valence-electron chi connectivity index (χ1n) is 6.64. The van der Waals surface area contributed by atoms with E-state index in [-0.39, 0.29) is 11.6 Å². The number of ether oxygens (including phenoxy) is 1. The first-order chi connectivity index (χ1) is 11.2. The summed E-state index contributed by atoms with van der Waals surface area (Å²) in [6.07, 6.45) is 1.45. The molecule has 0 saturated carbocycles. The molecule has 0 aliphatic rings. The maximum atomic E-state index is 13.9. The zero-order valence-electron chi connectivity index (χ0n) is 12.1. The number of esters is 1. The van der Waals surface area contributed by atoms with Gasteiger partial charge in [0.1, 0.15) is 17.9 Å². The van der Waals surface area contributed by atoms with Crippen molar-refractivity contribution in [1.29, 1.82) is 0 Å². The quantitative estimate of drug-likeness (QED) is 0.528. The third kappa shape index (κ3) is 3.26. The highest BCUT2D eigenvalue weighted by Gasteiger charge is 2.14. The number of hydrogen-bond donors (Lipinski definition) is 0. The summed E-state index contributed by atoms with van der Waals surface area (Å²) >= 11 is 1.32. The standard InChI is InChI=1S/C15H12FN3O3S/c1-21-14(20)13-7-6-10(22-13)8-23-15-18-17-9-19(15)12-5-3-2-4-11(12)16/h2-7,9H,8H2,1H3. The van der Waals surface area contributed by atoms with Gasteiger partial charge in [-0.05, 0) is 24.3 Å². The van der Waals surface area contributed by atoms with Crippen LogP contribution in [-0.2, 0) is 10.5 Å². The van der Waals surface area contributed by atoms with Crippen LogP contribution in [0.3, 0.4) is 0 Å². The molecule has 1 aromatic carbocycles. The molecule has 0 radical (unpaired) electrons. The SMILES string of the molecule is COC(=O)c1ccc(CSc2nncn2-c2ccccc2F)o1. The van der Waals surface area contributed by atoms with Crippen LogP contribution < -0.4 is 0 Å². The third-order valence-corrected chi connectivity index (χ3v) is 3.99. The second kappa shape index (κ2) is 6.66. The maximum Gasteiger partial charge on any atom is 0.373 e. The van der Waals surface area contributed by atoms with Crippen molar-refractivity contribution in [2.75, 3.05) is 7.11 Å². The molecule has 8 heteroatoms. The molecule has 0 saturated heterocycles. The lowest BCUT2D eigenvalue weighted by Crippen LogP contribution is -1.99. The van der Waals surface area contributed by atoms with Gasteiger partial charge >= 0.3 is 5.97 Å². The van der Waals surface area contributed by atoms with E-state index in [9.17, 15) is 9.18 Å². The number of methoxy groups -OCH3 is 1. The summed E-state index contributed by atoms with van der Waals surface area (Å²) in [5.74, 6) is 0.248. The molecule has 6 nitrogen and oxygen atoms in total. The fourth-order valence-corrected chi connectivity index (χ4v) is 2.75. The summed E-state index contributed by atoms with van der Waals surface area (Å²) < 4.78 is 25.4. The van der Waals surface area contributed by atoms with E-state index >= 15 is 0 Å². The minimum atomic E-state index is -0.532. The molecule has 0 fully saturated rings. The summed E-state index contributed by atoms with van der Waals surface area (Å²) in [6, 6.07) is 9.60. The van der Waals surface area contributed by atoms with Gasteiger partial charge in [0.2, 0.25) is 5.76 Å². The summed E-state index contributed by atoms with van der Waals surface area (Å²) in [5.41, 5.74) is 0.370. The zero-order valence-corrected chi connectivity index (χ0v) is 12.9. The van der Waals surface area contributed by atoms with Gasteiger partial charge in [0.15, 0.2) is 5.16 Å². The van der Waals surface area contributed by atoms with E-state index in [1.807, 2.05) is 0 Å². The van der Waals surface area contributed by atoms with E-state index in [1.54, 1.807) is 34.9 Å². The number of thioether (sulfide) groups is 1. The Balaban J connectivity index is 1.75. The van der Waals surface area contributed by atoms with Gasteiger partial charge in [-0.1, -0.05) is 23.9 Å². The number of carbonyl (C=O) groups excluding carboxylic acids is 1. The molecule has 3 aromatic rings. The van der Waals surface area contributed by atoms with Gasteiger partial charge < -0.3 is 9.15 Å². The topological polar surface area (TPSA) is 70.2 Å². The molecule has 0 spiro atoms. The van der Waals surface area contributed by atoms with Gasteiger partial charge in [-0.2, -0.15) is 0 Å². The summed E-state index contributed by atoms with van der Waals surface area (Å²) in [5, 5.41) is 8.32. The Morgan fingerprint density at radius 1 is 1.35 bits per heavy atom. The number of hydrogen-bond acceptors (Lipinski definition) is 6. The van der Waals surface area contributed by atoms with Crippen molar-refractivity contribution < 1.29 is 18.3 Å². The fraction of sp³-hybridized carbons (Fsp3) is 0.133. The zero-order chi connectivity index (χ0) is 16.2. The molecule has 2 aromatic heterocycles. The number of benzene rings is 1. The minimum absolute atomic E-state index is 0.138. The molecule has 0 aliphatic heterocycles. The number of para-hydroxylation sites is 1. The van der Waals surface area contributed by atoms with E-state index in [0.717, 1.165) is 0 Å². The number of nitrogens with zero attached hydrogens (tertiary/aromatic N) is 3. The van der Waals surface area contributed by atoms with Crippen LogP contribution in [0.15, 0.2) is 52.3 Å². The Hall–Kier alpha value is -2.61. The van der Waals surface area contributed by atoms with Crippen molar-refractivity contribution >= 4 is 17.7 Å². The maximum absolute atomic E-state index is 13.9. The second-order valence-electron chi connectivity index (χ2n) is 4.48. The van der Waals surface area contributed by atoms with Crippen molar-refractivity contribution in [3.05, 3.63) is 60.1 Å². The smallest absolute Gasteiger partial charge is 0.373 e. The normalized spacial score (nSPS) is 10.7. The largest absolute Gasteiger partial charge is 0.463 e. The second-order valence-corrected chi connectivity index (χ2v) is 5.42. The van der Waals surface area contributed by atoms with Gasteiger partial charge in [0.25, 0.3) is 0 Å². The van der Waals surface area contributed by atoms with E-state index in [1.165, 1.54) is 31.3 Å². The van der Waals surface area contributed by atoms with Crippen LogP contribution in [0.2, 0.25) is 0 Å². The first-order valence-corrected chi connectivity index (χ1v) is 7.62. The highest BCUT2D eigenvalue weighted by atomic mass is 32.2. The molecule has 0 unspecified atom stereocenters. The van der Waals surface area contributed by atoms with Gasteiger partial charge in [0.05, 0.1) is 18.6 Å². The van der Waals surface area contributed by atoms with Crippen LogP contribution in [0, 0.1) is 5.82 Å². The molecule has 0 atom stereocenters. The molecule has 2 heterocycles. The lowest BCUT2D eigenvalue weighted by Gasteiger charge is -2.06. The summed E-state index contributed by atoms with van der Waals surface area (Å²) in [4.78, 5) is 11.3. The van der Waals surface area contributed by atoms with E-state index < -0.39 is 5.97 Å². The Kier molecular flexibility index (Phi) is 4.42. The van der Waals surface area contributed by atoms with E-state index in [4.69, 9.17) is 4.42 Å². The number of rotatable bonds is 5. The average molecular weight is 333 g/mol. The molecule has 3 rings (SSSR count). The first kappa shape index (κ1) is 15.3. The molecular formula is C15H12FN3O3S. The minimum Gasteiger partial charge on any atom is -0.463 e. The molecule has 118 valence electrons. The highest BCUT2D eigenvalue weighted by Crippen LogP contribution is 2.25. The average Bonchev–Trinajstić information content (AvgIpc) is 3.22. The fourth-order valence-electron chi connectivity index (χ4n) is 1.94. The number of carbonyl (C=O) groups is 1. The predicted molar refractivity (Wildman–Crippen MR) is 80.9 cm³/mol. The van der Waals surface area contributed by atoms with Crippen LogP contribution in [0.25, 0.3) is 5.69 Å². The molecule has 0 aliphatic carbocycles. The lowest BCUT2D eigenvalue weighted by atomic mass is 10.3. The van der Waals surface area contributed by atoms with Crippen molar-refractivity contribution in [1.82, 2.24) is 14.8 Å². The lowest BCUT2D eigenvalue weighted by molar-refractivity contribution is 0.0563. The molecule has 0 bridgehead atoms. The van der Waals surface area contributed by atoms with E-state index in [0.29, 0.717) is 22.4 Å². The van der Waals surface area contributed by atoms with Crippen molar-refractivity contribution in [3.8, 4) is 5.69 Å². The van der Waals surface area contributed by atoms with Crippen molar-refractivity contribution in [2.24, 2.45) is 0 Å². The van der Waals surface area contributed by atoms with Gasteiger partial charge in [-0.15, -0.1) is 10.2 Å². The number of halogens is 1. The number of furan rings is 1. The molecular weight excluding hydrogens is 321 g/mol. The van der Waals surface area contributed by atoms with Gasteiger partial charge in [-0.3, -0.25) is 4.57 Å². The van der Waals surface area contributed by atoms with Gasteiger partial charge in [-0.25, -0.2) is 9.18 Å². The van der Waals surface area contributed by atoms with E-state index in [2.05, 4.69) is 14.9 Å². The van der Waals surface area contributed by atoms with Crippen molar-refractivity contribution in [2.45, 2.75) is 10.9 Å².